The van der Waals surface area contributed by atoms with Gasteiger partial charge in [-0.2, -0.15) is 0 Å². The predicted octanol–water partition coefficient (Wildman–Crippen LogP) is 2.43. The summed E-state index contributed by atoms with van der Waals surface area (Å²) in [5, 5.41) is 4.25. The smallest absolute Gasteiger partial charge is 0.337 e. The molecule has 0 aliphatic rings. The van der Waals surface area contributed by atoms with E-state index < -0.39 is 5.97 Å². The normalized spacial score (nSPS) is 10.2. The summed E-state index contributed by atoms with van der Waals surface area (Å²) in [6.45, 7) is 2.63. The van der Waals surface area contributed by atoms with Gasteiger partial charge in [0.2, 0.25) is 0 Å². The zero-order valence-electron chi connectivity index (χ0n) is 10.8. The maximum Gasteiger partial charge on any atom is 0.337 e. The van der Waals surface area contributed by atoms with E-state index in [1.54, 1.807) is 29.5 Å². The fraction of sp³-hybridized carbons (Fsp3) is 0.231. The van der Waals surface area contributed by atoms with Crippen LogP contribution in [-0.2, 0) is 11.3 Å². The van der Waals surface area contributed by atoms with Gasteiger partial charge >= 0.3 is 5.97 Å². The van der Waals surface area contributed by atoms with Gasteiger partial charge in [0.05, 0.1) is 35.6 Å². The molecule has 0 saturated heterocycles. The second kappa shape index (κ2) is 5.71. The van der Waals surface area contributed by atoms with Crippen molar-refractivity contribution in [2.75, 3.05) is 18.2 Å². The van der Waals surface area contributed by atoms with E-state index in [0.29, 0.717) is 17.8 Å². The molecule has 0 aliphatic carbocycles. The number of benzene rings is 1. The van der Waals surface area contributed by atoms with E-state index in [0.717, 1.165) is 15.6 Å². The number of nitrogens with one attached hydrogen (secondary N) is 1. The molecular weight excluding hydrogens is 262 g/mol. The highest BCUT2D eigenvalue weighted by atomic mass is 32.1. The van der Waals surface area contributed by atoms with Crippen LogP contribution in [0.3, 0.4) is 0 Å². The SMILES string of the molecule is COC(=O)c1ccc(NCc2cnc(C)s2)c(N)c1. The van der Waals surface area contributed by atoms with Crippen LogP contribution in [0.5, 0.6) is 0 Å². The van der Waals surface area contributed by atoms with Gasteiger partial charge in [0, 0.05) is 11.1 Å². The van der Waals surface area contributed by atoms with Crippen molar-refractivity contribution >= 4 is 28.7 Å². The summed E-state index contributed by atoms with van der Waals surface area (Å²) >= 11 is 1.64. The first kappa shape index (κ1) is 13.4. The first-order valence-electron chi connectivity index (χ1n) is 5.73. The Balaban J connectivity index is 2.07. The Bertz CT molecular complexity index is 595. The molecule has 2 rings (SSSR count). The molecule has 1 aromatic carbocycles. The van der Waals surface area contributed by atoms with Crippen LogP contribution in [0.2, 0.25) is 0 Å². The summed E-state index contributed by atoms with van der Waals surface area (Å²) < 4.78 is 4.64. The maximum absolute atomic E-state index is 11.4. The molecule has 0 saturated carbocycles. The van der Waals surface area contributed by atoms with Crippen LogP contribution < -0.4 is 11.1 Å². The number of aromatic nitrogens is 1. The summed E-state index contributed by atoms with van der Waals surface area (Å²) in [4.78, 5) is 16.7. The number of esters is 1. The third kappa shape index (κ3) is 3.23. The Kier molecular flexibility index (Phi) is 4.01. The molecule has 0 atom stereocenters. The highest BCUT2D eigenvalue weighted by molar-refractivity contribution is 7.11. The van der Waals surface area contributed by atoms with Gasteiger partial charge in [0.1, 0.15) is 0 Å². The second-order valence-electron chi connectivity index (χ2n) is 3.99. The quantitative estimate of drug-likeness (QED) is 0.663. The van der Waals surface area contributed by atoms with Gasteiger partial charge in [-0.15, -0.1) is 11.3 Å². The molecule has 0 aliphatic heterocycles. The predicted molar refractivity (Wildman–Crippen MR) is 76.4 cm³/mol. The van der Waals surface area contributed by atoms with Crippen LogP contribution >= 0.6 is 11.3 Å². The van der Waals surface area contributed by atoms with Crippen LogP contribution in [0, 0.1) is 6.92 Å². The zero-order chi connectivity index (χ0) is 13.8. The molecule has 1 heterocycles. The van der Waals surface area contributed by atoms with Crippen LogP contribution in [0.15, 0.2) is 24.4 Å². The van der Waals surface area contributed by atoms with Gasteiger partial charge < -0.3 is 15.8 Å². The molecule has 1 aromatic heterocycles. The van der Waals surface area contributed by atoms with Gasteiger partial charge in [-0.25, -0.2) is 9.78 Å². The second-order valence-corrected chi connectivity index (χ2v) is 5.31. The molecule has 0 unspecified atom stereocenters. The van der Waals surface area contributed by atoms with Crippen LogP contribution in [0.1, 0.15) is 20.2 Å². The van der Waals surface area contributed by atoms with Gasteiger partial charge in [-0.05, 0) is 25.1 Å². The van der Waals surface area contributed by atoms with Crippen molar-refractivity contribution in [3.63, 3.8) is 0 Å². The summed E-state index contributed by atoms with van der Waals surface area (Å²) in [6.07, 6.45) is 1.84. The molecule has 19 heavy (non-hydrogen) atoms. The summed E-state index contributed by atoms with van der Waals surface area (Å²) in [6, 6.07) is 5.06. The molecule has 0 bridgehead atoms. The van der Waals surface area contributed by atoms with E-state index in [1.165, 1.54) is 7.11 Å². The number of nitrogens with two attached hydrogens (primary N) is 1. The highest BCUT2D eigenvalue weighted by Crippen LogP contribution is 2.22. The Morgan fingerprint density at radius 1 is 1.53 bits per heavy atom. The zero-order valence-corrected chi connectivity index (χ0v) is 11.6. The Morgan fingerprint density at radius 3 is 2.89 bits per heavy atom. The average molecular weight is 277 g/mol. The third-order valence-electron chi connectivity index (χ3n) is 2.59. The molecule has 2 aromatic rings. The average Bonchev–Trinajstić information content (AvgIpc) is 2.82. The molecule has 5 nitrogen and oxygen atoms in total. The lowest BCUT2D eigenvalue weighted by molar-refractivity contribution is 0.0601. The number of carbonyl (C=O) groups is 1. The lowest BCUT2D eigenvalue weighted by Crippen LogP contribution is -2.05. The first-order chi connectivity index (χ1) is 9.10. The van der Waals surface area contributed by atoms with E-state index in [2.05, 4.69) is 15.0 Å². The minimum absolute atomic E-state index is 0.392. The number of aryl methyl sites for hydroxylation is 1. The summed E-state index contributed by atoms with van der Waals surface area (Å²) in [5.41, 5.74) is 7.65. The molecule has 100 valence electrons. The minimum Gasteiger partial charge on any atom is -0.465 e. The molecular formula is C13H15N3O2S. The van der Waals surface area contributed by atoms with Crippen molar-refractivity contribution in [1.82, 2.24) is 4.98 Å². The summed E-state index contributed by atoms with van der Waals surface area (Å²) in [5.74, 6) is -0.392. The Morgan fingerprint density at radius 2 is 2.32 bits per heavy atom. The lowest BCUT2D eigenvalue weighted by Gasteiger charge is -2.09. The van der Waals surface area contributed by atoms with Crippen molar-refractivity contribution in [1.29, 1.82) is 0 Å². The van der Waals surface area contributed by atoms with Crippen molar-refractivity contribution in [2.24, 2.45) is 0 Å². The number of carbonyl (C=O) groups excluding carboxylic acids is 1. The van der Waals surface area contributed by atoms with E-state index in [-0.39, 0.29) is 0 Å². The number of nitrogens with zero attached hydrogens (tertiary/aromatic N) is 1. The number of anilines is 2. The van der Waals surface area contributed by atoms with Gasteiger partial charge in [0.25, 0.3) is 0 Å². The minimum atomic E-state index is -0.392. The molecule has 0 amide bonds. The molecule has 3 N–H and O–H groups in total. The first-order valence-corrected chi connectivity index (χ1v) is 6.55. The maximum atomic E-state index is 11.4. The highest BCUT2D eigenvalue weighted by Gasteiger charge is 2.08. The Hall–Kier alpha value is -2.08. The number of hydrogen-bond acceptors (Lipinski definition) is 6. The number of rotatable bonds is 4. The molecule has 0 spiro atoms. The fourth-order valence-electron chi connectivity index (χ4n) is 1.64. The number of hydrogen-bond donors (Lipinski definition) is 2. The van der Waals surface area contributed by atoms with E-state index in [1.807, 2.05) is 13.1 Å². The van der Waals surface area contributed by atoms with Crippen LogP contribution in [0.4, 0.5) is 11.4 Å². The largest absolute Gasteiger partial charge is 0.465 e. The molecule has 6 heteroatoms. The van der Waals surface area contributed by atoms with Gasteiger partial charge in [-0.3, -0.25) is 0 Å². The number of ether oxygens (including phenoxy) is 1. The van der Waals surface area contributed by atoms with E-state index in [4.69, 9.17) is 5.73 Å². The van der Waals surface area contributed by atoms with Crippen LogP contribution in [0.25, 0.3) is 0 Å². The number of thiazole rings is 1. The van der Waals surface area contributed by atoms with Crippen molar-refractivity contribution in [2.45, 2.75) is 13.5 Å². The van der Waals surface area contributed by atoms with E-state index in [9.17, 15) is 4.79 Å². The lowest BCUT2D eigenvalue weighted by atomic mass is 10.1. The molecule has 0 radical (unpaired) electrons. The van der Waals surface area contributed by atoms with Crippen molar-refractivity contribution in [3.05, 3.63) is 39.8 Å². The fourth-order valence-corrected chi connectivity index (χ4v) is 2.37. The van der Waals surface area contributed by atoms with Gasteiger partial charge in [0.15, 0.2) is 0 Å². The van der Waals surface area contributed by atoms with Crippen LogP contribution in [-0.4, -0.2) is 18.1 Å². The number of nitrogen functional groups attached to an aromatic ring is 1. The standard InChI is InChI=1S/C13H15N3O2S/c1-8-15-6-10(19-8)7-16-12-4-3-9(5-11(12)14)13(17)18-2/h3-6,16H,7,14H2,1-2H3. The molecule has 0 fully saturated rings. The Labute approximate surface area is 115 Å². The summed E-state index contributed by atoms with van der Waals surface area (Å²) in [7, 11) is 1.34. The third-order valence-corrected chi connectivity index (χ3v) is 3.51. The van der Waals surface area contributed by atoms with Crippen molar-refractivity contribution in [3.8, 4) is 0 Å². The number of methoxy groups -OCH3 is 1. The van der Waals surface area contributed by atoms with Crippen molar-refractivity contribution < 1.29 is 9.53 Å². The topological polar surface area (TPSA) is 77.2 Å². The van der Waals surface area contributed by atoms with E-state index >= 15 is 0 Å². The van der Waals surface area contributed by atoms with Gasteiger partial charge in [-0.1, -0.05) is 0 Å². The monoisotopic (exact) mass is 277 g/mol.